The largest absolute Gasteiger partial charge is 0.506 e. The molecule has 1 unspecified atom stereocenters. The molecule has 1 aromatic carbocycles. The minimum absolute atomic E-state index is 0.114. The SMILES string of the molecule is CCc1ccc(O)c(NS(=O)(=O)C(C#N)CC)c1. The van der Waals surface area contributed by atoms with E-state index in [1.54, 1.807) is 25.1 Å². The van der Waals surface area contributed by atoms with Crippen LogP contribution in [0.15, 0.2) is 18.2 Å². The molecule has 0 aliphatic carbocycles. The second kappa shape index (κ2) is 5.74. The molecule has 1 atom stereocenters. The molecule has 0 aromatic heterocycles. The standard InChI is InChI=1S/C12H16N2O3S/c1-3-9-5-6-12(15)11(7-9)14-18(16,17)10(4-2)8-13/h5-7,10,14-15H,3-4H2,1-2H3. The van der Waals surface area contributed by atoms with Gasteiger partial charge in [-0.25, -0.2) is 8.42 Å². The molecule has 0 heterocycles. The van der Waals surface area contributed by atoms with Gasteiger partial charge in [0, 0.05) is 0 Å². The average Bonchev–Trinajstić information content (AvgIpc) is 2.33. The molecule has 0 aliphatic rings. The highest BCUT2D eigenvalue weighted by Crippen LogP contribution is 2.26. The molecule has 18 heavy (non-hydrogen) atoms. The fraction of sp³-hybridized carbons (Fsp3) is 0.417. The van der Waals surface area contributed by atoms with Crippen molar-refractivity contribution in [1.29, 1.82) is 5.26 Å². The predicted molar refractivity (Wildman–Crippen MR) is 69.7 cm³/mol. The molecule has 0 saturated heterocycles. The third-order valence-corrected chi connectivity index (χ3v) is 4.30. The summed E-state index contributed by atoms with van der Waals surface area (Å²) in [6, 6.07) is 6.45. The zero-order chi connectivity index (χ0) is 13.8. The molecule has 6 heteroatoms. The molecule has 98 valence electrons. The second-order valence-electron chi connectivity index (χ2n) is 3.88. The Morgan fingerprint density at radius 3 is 2.61 bits per heavy atom. The molecule has 0 bridgehead atoms. The Bertz CT molecular complexity index is 561. The number of hydrogen-bond donors (Lipinski definition) is 2. The van der Waals surface area contributed by atoms with E-state index in [0.29, 0.717) is 0 Å². The molecular weight excluding hydrogens is 252 g/mol. The molecule has 1 aromatic rings. The lowest BCUT2D eigenvalue weighted by atomic mass is 10.1. The first-order valence-corrected chi connectivity index (χ1v) is 7.22. The van der Waals surface area contributed by atoms with Crippen molar-refractivity contribution in [2.45, 2.75) is 31.9 Å². The van der Waals surface area contributed by atoms with Crippen LogP contribution in [0, 0.1) is 11.3 Å². The van der Waals surface area contributed by atoms with Crippen LogP contribution in [-0.2, 0) is 16.4 Å². The summed E-state index contributed by atoms with van der Waals surface area (Å²) in [6.45, 7) is 3.55. The number of aromatic hydroxyl groups is 1. The lowest BCUT2D eigenvalue weighted by molar-refractivity contribution is 0.477. The fourth-order valence-electron chi connectivity index (χ4n) is 1.49. The van der Waals surface area contributed by atoms with Crippen LogP contribution in [0.2, 0.25) is 0 Å². The number of nitriles is 1. The van der Waals surface area contributed by atoms with E-state index in [9.17, 15) is 13.5 Å². The van der Waals surface area contributed by atoms with Crippen LogP contribution in [0.25, 0.3) is 0 Å². The van der Waals surface area contributed by atoms with Crippen LogP contribution in [-0.4, -0.2) is 18.8 Å². The predicted octanol–water partition coefficient (Wildman–Crippen LogP) is 2.00. The van der Waals surface area contributed by atoms with Crippen molar-refractivity contribution in [2.75, 3.05) is 4.72 Å². The van der Waals surface area contributed by atoms with E-state index < -0.39 is 15.3 Å². The number of benzene rings is 1. The molecule has 5 nitrogen and oxygen atoms in total. The van der Waals surface area contributed by atoms with Crippen LogP contribution in [0.1, 0.15) is 25.8 Å². The number of phenolic OH excluding ortho intramolecular Hbond substituents is 1. The monoisotopic (exact) mass is 268 g/mol. The van der Waals surface area contributed by atoms with Gasteiger partial charge in [-0.3, -0.25) is 4.72 Å². The van der Waals surface area contributed by atoms with Crippen molar-refractivity contribution in [2.24, 2.45) is 0 Å². The second-order valence-corrected chi connectivity index (χ2v) is 5.74. The molecular formula is C12H16N2O3S. The van der Waals surface area contributed by atoms with Crippen LogP contribution in [0.5, 0.6) is 5.75 Å². The van der Waals surface area contributed by atoms with E-state index in [1.165, 1.54) is 6.07 Å². The number of nitrogens with zero attached hydrogens (tertiary/aromatic N) is 1. The fourth-order valence-corrected chi connectivity index (χ4v) is 2.68. The van der Waals surface area contributed by atoms with Gasteiger partial charge < -0.3 is 5.11 Å². The van der Waals surface area contributed by atoms with Crippen LogP contribution >= 0.6 is 0 Å². The summed E-state index contributed by atoms with van der Waals surface area (Å²) in [7, 11) is -3.79. The highest BCUT2D eigenvalue weighted by atomic mass is 32.2. The highest BCUT2D eigenvalue weighted by molar-refractivity contribution is 7.93. The first kappa shape index (κ1) is 14.3. The zero-order valence-corrected chi connectivity index (χ0v) is 11.2. The van der Waals surface area contributed by atoms with Crippen molar-refractivity contribution in [3.05, 3.63) is 23.8 Å². The van der Waals surface area contributed by atoms with Crippen molar-refractivity contribution < 1.29 is 13.5 Å². The third-order valence-electron chi connectivity index (χ3n) is 2.61. The third kappa shape index (κ3) is 3.14. The summed E-state index contributed by atoms with van der Waals surface area (Å²) in [6.07, 6.45) is 0.921. The number of phenols is 1. The average molecular weight is 268 g/mol. The smallest absolute Gasteiger partial charge is 0.249 e. The Labute approximate surface area is 107 Å². The van der Waals surface area contributed by atoms with Crippen LogP contribution in [0.4, 0.5) is 5.69 Å². The van der Waals surface area contributed by atoms with Crippen molar-refractivity contribution in [1.82, 2.24) is 0 Å². The van der Waals surface area contributed by atoms with Gasteiger partial charge in [-0.2, -0.15) is 5.26 Å². The van der Waals surface area contributed by atoms with Crippen molar-refractivity contribution >= 4 is 15.7 Å². The Balaban J connectivity index is 3.08. The molecule has 1 rings (SSSR count). The molecule has 0 amide bonds. The maximum atomic E-state index is 11.9. The van der Waals surface area contributed by atoms with E-state index in [4.69, 9.17) is 5.26 Å². The summed E-state index contributed by atoms with van der Waals surface area (Å²) in [5.74, 6) is -0.149. The Morgan fingerprint density at radius 1 is 1.44 bits per heavy atom. The van der Waals surface area contributed by atoms with Crippen molar-refractivity contribution in [3.63, 3.8) is 0 Å². The number of anilines is 1. The zero-order valence-electron chi connectivity index (χ0n) is 10.3. The molecule has 0 radical (unpaired) electrons. The number of aryl methyl sites for hydroxylation is 1. The molecule has 0 fully saturated rings. The summed E-state index contributed by atoms with van der Waals surface area (Å²) in [4.78, 5) is 0. The first-order chi connectivity index (χ1) is 8.44. The molecule has 0 spiro atoms. The van der Waals surface area contributed by atoms with Gasteiger partial charge in [0.15, 0.2) is 5.25 Å². The van der Waals surface area contributed by atoms with Gasteiger partial charge in [0.05, 0.1) is 11.8 Å². The van der Waals surface area contributed by atoms with Crippen LogP contribution in [0.3, 0.4) is 0 Å². The van der Waals surface area contributed by atoms with Gasteiger partial charge in [0.2, 0.25) is 10.0 Å². The number of hydrogen-bond acceptors (Lipinski definition) is 4. The van der Waals surface area contributed by atoms with Crippen molar-refractivity contribution in [3.8, 4) is 11.8 Å². The van der Waals surface area contributed by atoms with Gasteiger partial charge in [-0.1, -0.05) is 19.9 Å². The van der Waals surface area contributed by atoms with Gasteiger partial charge in [-0.05, 0) is 30.5 Å². The van der Waals surface area contributed by atoms with Gasteiger partial charge in [0.1, 0.15) is 5.75 Å². The Kier molecular flexibility index (Phi) is 4.56. The molecule has 0 saturated carbocycles. The quantitative estimate of drug-likeness (QED) is 0.799. The summed E-state index contributed by atoms with van der Waals surface area (Å²) in [5, 5.41) is 17.3. The van der Waals surface area contributed by atoms with E-state index in [2.05, 4.69) is 4.72 Å². The van der Waals surface area contributed by atoms with E-state index in [0.717, 1.165) is 12.0 Å². The number of nitrogens with one attached hydrogen (secondary N) is 1. The van der Waals surface area contributed by atoms with Gasteiger partial charge >= 0.3 is 0 Å². The lowest BCUT2D eigenvalue weighted by Crippen LogP contribution is -2.26. The minimum Gasteiger partial charge on any atom is -0.506 e. The van der Waals surface area contributed by atoms with Gasteiger partial charge in [0.25, 0.3) is 0 Å². The minimum atomic E-state index is -3.79. The normalized spacial score (nSPS) is 12.7. The lowest BCUT2D eigenvalue weighted by Gasteiger charge is -2.13. The maximum absolute atomic E-state index is 11.9. The maximum Gasteiger partial charge on any atom is 0.249 e. The topological polar surface area (TPSA) is 90.2 Å². The number of rotatable bonds is 5. The Hall–Kier alpha value is -1.74. The van der Waals surface area contributed by atoms with Crippen LogP contribution < -0.4 is 4.72 Å². The summed E-state index contributed by atoms with van der Waals surface area (Å²) < 4.78 is 26.0. The van der Waals surface area contributed by atoms with Gasteiger partial charge in [-0.15, -0.1) is 0 Å². The van der Waals surface area contributed by atoms with E-state index >= 15 is 0 Å². The number of sulfonamides is 1. The highest BCUT2D eigenvalue weighted by Gasteiger charge is 2.24. The molecule has 0 aliphatic heterocycles. The first-order valence-electron chi connectivity index (χ1n) is 5.67. The summed E-state index contributed by atoms with van der Waals surface area (Å²) in [5.41, 5.74) is 1.01. The molecule has 2 N–H and O–H groups in total. The Morgan fingerprint density at radius 2 is 2.11 bits per heavy atom. The van der Waals surface area contributed by atoms with E-state index in [1.807, 2.05) is 6.92 Å². The summed E-state index contributed by atoms with van der Waals surface area (Å²) >= 11 is 0. The van der Waals surface area contributed by atoms with E-state index in [-0.39, 0.29) is 17.9 Å².